The lowest BCUT2D eigenvalue weighted by molar-refractivity contribution is 0.0748. The van der Waals surface area contributed by atoms with Crippen LogP contribution in [-0.4, -0.2) is 49.1 Å². The summed E-state index contributed by atoms with van der Waals surface area (Å²) in [7, 11) is 1.67. The zero-order chi connectivity index (χ0) is 19.7. The van der Waals surface area contributed by atoms with Gasteiger partial charge in [-0.2, -0.15) is 0 Å². The van der Waals surface area contributed by atoms with E-state index in [9.17, 15) is 4.79 Å². The van der Waals surface area contributed by atoms with Crippen LogP contribution < -0.4 is 9.64 Å². The lowest BCUT2D eigenvalue weighted by Gasteiger charge is -2.36. The molecule has 4 rings (SSSR count). The minimum Gasteiger partial charge on any atom is -0.497 e. The van der Waals surface area contributed by atoms with Gasteiger partial charge in [-0.15, -0.1) is 0 Å². The maximum atomic E-state index is 13.3. The van der Waals surface area contributed by atoms with Crippen LogP contribution in [0.15, 0.2) is 48.5 Å². The van der Waals surface area contributed by atoms with E-state index in [2.05, 4.69) is 22.0 Å². The number of methoxy groups -OCH3 is 1. The highest BCUT2D eigenvalue weighted by atomic mass is 16.5. The Hall–Kier alpha value is -3.08. The van der Waals surface area contributed by atoms with E-state index in [4.69, 9.17) is 4.74 Å². The Morgan fingerprint density at radius 3 is 2.39 bits per heavy atom. The molecule has 5 heteroatoms. The molecule has 1 saturated heterocycles. The molecule has 0 bridgehead atoms. The third-order valence-electron chi connectivity index (χ3n) is 5.40. The molecular weight excluding hydrogens is 350 g/mol. The van der Waals surface area contributed by atoms with Gasteiger partial charge in [0, 0.05) is 42.9 Å². The Morgan fingerprint density at radius 2 is 1.71 bits per heavy atom. The number of benzene rings is 2. The molecule has 3 aromatic rings. The Balaban J connectivity index is 1.53. The monoisotopic (exact) mass is 375 g/mol. The van der Waals surface area contributed by atoms with Gasteiger partial charge in [-0.25, -0.2) is 0 Å². The summed E-state index contributed by atoms with van der Waals surface area (Å²) in [6.45, 7) is 7.04. The molecule has 5 nitrogen and oxygen atoms in total. The van der Waals surface area contributed by atoms with Crippen LogP contribution in [0, 0.1) is 13.8 Å². The molecule has 1 aromatic heterocycles. The van der Waals surface area contributed by atoms with Gasteiger partial charge >= 0.3 is 0 Å². The molecule has 0 N–H and O–H groups in total. The lowest BCUT2D eigenvalue weighted by Crippen LogP contribution is -2.48. The maximum absolute atomic E-state index is 13.3. The lowest BCUT2D eigenvalue weighted by atomic mass is 10.0. The fourth-order valence-electron chi connectivity index (χ4n) is 3.83. The number of rotatable bonds is 3. The fraction of sp³-hybridized carbons (Fsp3) is 0.304. The molecule has 2 heterocycles. The molecule has 28 heavy (non-hydrogen) atoms. The van der Waals surface area contributed by atoms with Crippen molar-refractivity contribution >= 4 is 22.5 Å². The number of hydrogen-bond acceptors (Lipinski definition) is 4. The van der Waals surface area contributed by atoms with Crippen molar-refractivity contribution in [2.75, 3.05) is 38.2 Å². The quantitative estimate of drug-likeness (QED) is 0.698. The van der Waals surface area contributed by atoms with Crippen molar-refractivity contribution in [3.63, 3.8) is 0 Å². The van der Waals surface area contributed by atoms with Crippen molar-refractivity contribution in [2.45, 2.75) is 13.8 Å². The first-order chi connectivity index (χ1) is 13.6. The zero-order valence-electron chi connectivity index (χ0n) is 16.6. The number of nitrogens with zero attached hydrogens (tertiary/aromatic N) is 3. The number of pyridine rings is 1. The summed E-state index contributed by atoms with van der Waals surface area (Å²) in [5.74, 6) is 0.947. The van der Waals surface area contributed by atoms with Gasteiger partial charge in [0.05, 0.1) is 18.2 Å². The van der Waals surface area contributed by atoms with Crippen molar-refractivity contribution in [3.05, 3.63) is 65.4 Å². The summed E-state index contributed by atoms with van der Waals surface area (Å²) >= 11 is 0. The van der Waals surface area contributed by atoms with Crippen molar-refractivity contribution in [3.8, 4) is 5.75 Å². The molecule has 0 aliphatic carbocycles. The molecule has 2 aromatic carbocycles. The predicted octanol–water partition coefficient (Wildman–Crippen LogP) is 3.82. The van der Waals surface area contributed by atoms with Crippen LogP contribution in [0.2, 0.25) is 0 Å². The van der Waals surface area contributed by atoms with Crippen LogP contribution in [0.3, 0.4) is 0 Å². The Labute approximate surface area is 165 Å². The first kappa shape index (κ1) is 18.3. The number of fused-ring (bicyclic) bond motifs is 1. The second-order valence-corrected chi connectivity index (χ2v) is 7.26. The number of piperazine rings is 1. The van der Waals surface area contributed by atoms with E-state index in [1.165, 1.54) is 0 Å². The second-order valence-electron chi connectivity index (χ2n) is 7.26. The van der Waals surface area contributed by atoms with Crippen LogP contribution >= 0.6 is 0 Å². The van der Waals surface area contributed by atoms with E-state index in [0.717, 1.165) is 52.3 Å². The Kier molecular flexibility index (Phi) is 4.90. The molecule has 1 aliphatic rings. The SMILES string of the molecule is COc1ccc(N2CCN(C(=O)c3cc(C)nc4c(C)cccc34)CC2)cc1. The zero-order valence-corrected chi connectivity index (χ0v) is 16.6. The first-order valence-corrected chi connectivity index (χ1v) is 9.62. The van der Waals surface area contributed by atoms with E-state index in [1.807, 2.05) is 55.1 Å². The molecule has 0 radical (unpaired) electrons. The van der Waals surface area contributed by atoms with Crippen LogP contribution in [0.4, 0.5) is 5.69 Å². The van der Waals surface area contributed by atoms with Crippen molar-refractivity contribution < 1.29 is 9.53 Å². The summed E-state index contributed by atoms with van der Waals surface area (Å²) < 4.78 is 5.23. The van der Waals surface area contributed by atoms with E-state index in [1.54, 1.807) is 7.11 Å². The molecule has 1 fully saturated rings. The molecule has 0 spiro atoms. The summed E-state index contributed by atoms with van der Waals surface area (Å²) in [5, 5.41) is 0.938. The number of aryl methyl sites for hydroxylation is 2. The molecule has 0 atom stereocenters. The van der Waals surface area contributed by atoms with Gasteiger partial charge in [0.25, 0.3) is 5.91 Å². The maximum Gasteiger partial charge on any atom is 0.254 e. The number of anilines is 1. The number of amides is 1. The van der Waals surface area contributed by atoms with Gasteiger partial charge in [0.2, 0.25) is 0 Å². The summed E-state index contributed by atoms with van der Waals surface area (Å²) in [6, 6.07) is 16.0. The van der Waals surface area contributed by atoms with Gasteiger partial charge in [-0.3, -0.25) is 9.78 Å². The highest BCUT2D eigenvalue weighted by Gasteiger charge is 2.24. The molecule has 1 amide bonds. The van der Waals surface area contributed by atoms with Crippen molar-refractivity contribution in [1.29, 1.82) is 0 Å². The number of para-hydroxylation sites is 1. The summed E-state index contributed by atoms with van der Waals surface area (Å²) in [6.07, 6.45) is 0. The standard InChI is InChI=1S/C23H25N3O2/c1-16-5-4-6-20-21(15-17(2)24-22(16)20)23(27)26-13-11-25(12-14-26)18-7-9-19(28-3)10-8-18/h4-10,15H,11-14H2,1-3H3. The van der Waals surface area contributed by atoms with Crippen molar-refractivity contribution in [2.24, 2.45) is 0 Å². The number of aromatic nitrogens is 1. The smallest absolute Gasteiger partial charge is 0.254 e. The Bertz CT molecular complexity index is 1010. The predicted molar refractivity (Wildman–Crippen MR) is 112 cm³/mol. The van der Waals surface area contributed by atoms with Crippen LogP contribution in [0.5, 0.6) is 5.75 Å². The molecular formula is C23H25N3O2. The Morgan fingerprint density at radius 1 is 1.00 bits per heavy atom. The van der Waals surface area contributed by atoms with Crippen LogP contribution in [0.1, 0.15) is 21.6 Å². The molecule has 1 aliphatic heterocycles. The topological polar surface area (TPSA) is 45.7 Å². The fourth-order valence-corrected chi connectivity index (χ4v) is 3.83. The largest absolute Gasteiger partial charge is 0.497 e. The molecule has 0 saturated carbocycles. The minimum atomic E-state index is 0.0930. The molecule has 0 unspecified atom stereocenters. The number of carbonyl (C=O) groups excluding carboxylic acids is 1. The van der Waals surface area contributed by atoms with Crippen LogP contribution in [0.25, 0.3) is 10.9 Å². The van der Waals surface area contributed by atoms with Crippen molar-refractivity contribution in [1.82, 2.24) is 9.88 Å². The van der Waals surface area contributed by atoms with Crippen LogP contribution in [-0.2, 0) is 0 Å². The van der Waals surface area contributed by atoms with Gasteiger partial charge in [0.15, 0.2) is 0 Å². The third kappa shape index (κ3) is 3.40. The van der Waals surface area contributed by atoms with E-state index < -0.39 is 0 Å². The highest BCUT2D eigenvalue weighted by Crippen LogP contribution is 2.24. The summed E-state index contributed by atoms with van der Waals surface area (Å²) in [4.78, 5) is 22.2. The second kappa shape index (κ2) is 7.50. The van der Waals surface area contributed by atoms with E-state index >= 15 is 0 Å². The van der Waals surface area contributed by atoms with Gasteiger partial charge in [-0.05, 0) is 49.7 Å². The number of ether oxygens (including phenoxy) is 1. The summed E-state index contributed by atoms with van der Waals surface area (Å²) in [5.41, 5.74) is 4.81. The van der Waals surface area contributed by atoms with E-state index in [-0.39, 0.29) is 5.91 Å². The number of carbonyl (C=O) groups is 1. The third-order valence-corrected chi connectivity index (χ3v) is 5.40. The average Bonchev–Trinajstić information content (AvgIpc) is 2.73. The van der Waals surface area contributed by atoms with E-state index in [0.29, 0.717) is 13.1 Å². The highest BCUT2D eigenvalue weighted by molar-refractivity contribution is 6.06. The van der Waals surface area contributed by atoms with Gasteiger partial charge in [0.1, 0.15) is 5.75 Å². The first-order valence-electron chi connectivity index (χ1n) is 9.62. The average molecular weight is 375 g/mol. The molecule has 144 valence electrons. The normalized spacial score (nSPS) is 14.4. The number of hydrogen-bond donors (Lipinski definition) is 0. The van der Waals surface area contributed by atoms with Gasteiger partial charge < -0.3 is 14.5 Å². The van der Waals surface area contributed by atoms with Gasteiger partial charge in [-0.1, -0.05) is 18.2 Å². The minimum absolute atomic E-state index is 0.0930.